The molecule has 7 nitrogen and oxygen atoms in total. The van der Waals surface area contributed by atoms with Crippen LogP contribution in [0.1, 0.15) is 0 Å². The molecule has 1 aromatic heterocycles. The summed E-state index contributed by atoms with van der Waals surface area (Å²) in [6.45, 7) is 0. The number of nitrogen functional groups attached to an aromatic ring is 2. The van der Waals surface area contributed by atoms with E-state index in [0.717, 1.165) is 11.1 Å². The molecule has 22 heavy (non-hydrogen) atoms. The third-order valence-electron chi connectivity index (χ3n) is 3.11. The summed E-state index contributed by atoms with van der Waals surface area (Å²) in [6.07, 6.45) is 0. The number of nitrogens with zero attached hydrogens (tertiary/aromatic N) is 3. The second-order valence-corrected chi connectivity index (χ2v) is 4.65. The van der Waals surface area contributed by atoms with E-state index in [1.807, 2.05) is 0 Å². The standard InChI is InChI=1S/C15H13N5O2/c16-14-18-13(19-15(17)20-14)11-7-9(3-6-12(11)22)8-1-4-10(21)5-2-8/h1-7,21-22H,(H4,16,17,18,19,20). The van der Waals surface area contributed by atoms with E-state index in [2.05, 4.69) is 15.0 Å². The molecule has 6 N–H and O–H groups in total. The minimum Gasteiger partial charge on any atom is -0.508 e. The number of phenols is 2. The van der Waals surface area contributed by atoms with Crippen molar-refractivity contribution >= 4 is 11.9 Å². The molecular formula is C15H13N5O2. The zero-order valence-corrected chi connectivity index (χ0v) is 11.4. The van der Waals surface area contributed by atoms with Crippen molar-refractivity contribution in [2.75, 3.05) is 11.5 Å². The lowest BCUT2D eigenvalue weighted by atomic mass is 10.0. The van der Waals surface area contributed by atoms with Crippen LogP contribution >= 0.6 is 0 Å². The Morgan fingerprint density at radius 1 is 0.727 bits per heavy atom. The van der Waals surface area contributed by atoms with Crippen LogP contribution in [0.2, 0.25) is 0 Å². The van der Waals surface area contributed by atoms with Gasteiger partial charge < -0.3 is 21.7 Å². The fourth-order valence-corrected chi connectivity index (χ4v) is 2.08. The van der Waals surface area contributed by atoms with Gasteiger partial charge in [-0.05, 0) is 35.4 Å². The number of nitrogens with two attached hydrogens (primary N) is 2. The number of aromatic hydroxyl groups is 2. The molecule has 2 aromatic carbocycles. The summed E-state index contributed by atoms with van der Waals surface area (Å²) >= 11 is 0. The lowest BCUT2D eigenvalue weighted by Gasteiger charge is -2.08. The first-order valence-electron chi connectivity index (χ1n) is 6.43. The summed E-state index contributed by atoms with van der Waals surface area (Å²) in [6, 6.07) is 11.7. The molecule has 3 aromatic rings. The Morgan fingerprint density at radius 2 is 1.32 bits per heavy atom. The predicted molar refractivity (Wildman–Crippen MR) is 82.9 cm³/mol. The highest BCUT2D eigenvalue weighted by Gasteiger charge is 2.11. The Kier molecular flexibility index (Phi) is 3.23. The van der Waals surface area contributed by atoms with Gasteiger partial charge in [-0.2, -0.15) is 15.0 Å². The van der Waals surface area contributed by atoms with E-state index in [9.17, 15) is 10.2 Å². The maximum Gasteiger partial charge on any atom is 0.225 e. The van der Waals surface area contributed by atoms with Crippen molar-refractivity contribution in [3.63, 3.8) is 0 Å². The molecule has 3 rings (SSSR count). The van der Waals surface area contributed by atoms with Crippen LogP contribution in [0.15, 0.2) is 42.5 Å². The summed E-state index contributed by atoms with van der Waals surface area (Å²) < 4.78 is 0. The van der Waals surface area contributed by atoms with Crippen molar-refractivity contribution in [3.05, 3.63) is 42.5 Å². The third kappa shape index (κ3) is 2.59. The molecule has 0 bridgehead atoms. The SMILES string of the molecule is Nc1nc(N)nc(-c2cc(-c3ccc(O)cc3)ccc2O)n1. The van der Waals surface area contributed by atoms with Crippen molar-refractivity contribution in [3.8, 4) is 34.0 Å². The lowest BCUT2D eigenvalue weighted by molar-refractivity contribution is 0.475. The van der Waals surface area contributed by atoms with Gasteiger partial charge in [0.2, 0.25) is 11.9 Å². The molecule has 0 unspecified atom stereocenters. The van der Waals surface area contributed by atoms with Gasteiger partial charge >= 0.3 is 0 Å². The zero-order chi connectivity index (χ0) is 15.7. The number of anilines is 2. The first kappa shape index (κ1) is 13.6. The maximum atomic E-state index is 10.0. The Labute approximate surface area is 125 Å². The van der Waals surface area contributed by atoms with Crippen molar-refractivity contribution in [2.24, 2.45) is 0 Å². The molecule has 0 aliphatic heterocycles. The largest absolute Gasteiger partial charge is 0.508 e. The van der Waals surface area contributed by atoms with Crippen LogP contribution in [-0.4, -0.2) is 25.2 Å². The average Bonchev–Trinajstić information content (AvgIpc) is 2.47. The van der Waals surface area contributed by atoms with Crippen LogP contribution in [0.3, 0.4) is 0 Å². The van der Waals surface area contributed by atoms with Gasteiger partial charge in [-0.1, -0.05) is 18.2 Å². The van der Waals surface area contributed by atoms with Gasteiger partial charge in [-0.3, -0.25) is 0 Å². The van der Waals surface area contributed by atoms with Crippen LogP contribution in [0.4, 0.5) is 11.9 Å². The van der Waals surface area contributed by atoms with E-state index in [0.29, 0.717) is 5.56 Å². The molecule has 110 valence electrons. The smallest absolute Gasteiger partial charge is 0.225 e. The summed E-state index contributed by atoms with van der Waals surface area (Å²) in [5.74, 6) is 0.352. The highest BCUT2D eigenvalue weighted by molar-refractivity contribution is 5.75. The van der Waals surface area contributed by atoms with E-state index in [1.165, 1.54) is 6.07 Å². The maximum absolute atomic E-state index is 10.0. The average molecular weight is 295 g/mol. The molecule has 0 radical (unpaired) electrons. The first-order chi connectivity index (χ1) is 10.5. The van der Waals surface area contributed by atoms with Gasteiger partial charge in [-0.25, -0.2) is 0 Å². The molecule has 0 atom stereocenters. The van der Waals surface area contributed by atoms with Gasteiger partial charge in [0.05, 0.1) is 5.56 Å². The molecule has 1 heterocycles. The molecule has 0 fully saturated rings. The van der Waals surface area contributed by atoms with Gasteiger partial charge in [-0.15, -0.1) is 0 Å². The van der Waals surface area contributed by atoms with Crippen molar-refractivity contribution < 1.29 is 10.2 Å². The predicted octanol–water partition coefficient (Wildman–Crippen LogP) is 1.78. The van der Waals surface area contributed by atoms with Crippen LogP contribution in [0, 0.1) is 0 Å². The van der Waals surface area contributed by atoms with E-state index in [-0.39, 0.29) is 29.2 Å². The fraction of sp³-hybridized carbons (Fsp3) is 0. The molecule has 0 saturated heterocycles. The lowest BCUT2D eigenvalue weighted by Crippen LogP contribution is -2.04. The van der Waals surface area contributed by atoms with E-state index in [4.69, 9.17) is 11.5 Å². The number of hydrogen-bond acceptors (Lipinski definition) is 7. The Balaban J connectivity index is 2.12. The molecule has 0 aliphatic carbocycles. The highest BCUT2D eigenvalue weighted by Crippen LogP contribution is 2.32. The number of phenolic OH excluding ortho intramolecular Hbond substituents is 2. The number of hydrogen-bond donors (Lipinski definition) is 4. The fourth-order valence-electron chi connectivity index (χ4n) is 2.08. The van der Waals surface area contributed by atoms with Gasteiger partial charge in [0.25, 0.3) is 0 Å². The molecular weight excluding hydrogens is 282 g/mol. The topological polar surface area (TPSA) is 131 Å². The van der Waals surface area contributed by atoms with Gasteiger partial charge in [0.1, 0.15) is 11.5 Å². The summed E-state index contributed by atoms with van der Waals surface area (Å²) in [5.41, 5.74) is 13.2. The van der Waals surface area contributed by atoms with E-state index >= 15 is 0 Å². The van der Waals surface area contributed by atoms with Gasteiger partial charge in [0, 0.05) is 0 Å². The van der Waals surface area contributed by atoms with Crippen molar-refractivity contribution in [2.45, 2.75) is 0 Å². The van der Waals surface area contributed by atoms with Crippen molar-refractivity contribution in [1.82, 2.24) is 15.0 Å². The minimum absolute atomic E-state index is 0.00697. The van der Waals surface area contributed by atoms with Crippen molar-refractivity contribution in [1.29, 1.82) is 0 Å². The first-order valence-corrected chi connectivity index (χ1v) is 6.43. The Bertz CT molecular complexity index is 814. The van der Waals surface area contributed by atoms with E-state index in [1.54, 1.807) is 36.4 Å². The number of benzene rings is 2. The van der Waals surface area contributed by atoms with Crippen LogP contribution in [-0.2, 0) is 0 Å². The molecule has 0 spiro atoms. The highest BCUT2D eigenvalue weighted by atomic mass is 16.3. The van der Waals surface area contributed by atoms with E-state index < -0.39 is 0 Å². The summed E-state index contributed by atoms with van der Waals surface area (Å²) in [4.78, 5) is 11.7. The molecule has 0 saturated carbocycles. The van der Waals surface area contributed by atoms with Crippen LogP contribution < -0.4 is 11.5 Å². The Hall–Kier alpha value is -3.35. The molecule has 0 amide bonds. The van der Waals surface area contributed by atoms with Crippen LogP contribution in [0.5, 0.6) is 11.5 Å². The monoisotopic (exact) mass is 295 g/mol. The normalized spacial score (nSPS) is 10.5. The van der Waals surface area contributed by atoms with Gasteiger partial charge in [0.15, 0.2) is 5.82 Å². The third-order valence-corrected chi connectivity index (χ3v) is 3.11. The number of rotatable bonds is 2. The second kappa shape index (κ2) is 5.21. The quantitative estimate of drug-likeness (QED) is 0.566. The minimum atomic E-state index is -0.0167. The number of aromatic nitrogens is 3. The molecule has 0 aliphatic rings. The summed E-state index contributed by atoms with van der Waals surface area (Å²) in [5, 5.41) is 19.4. The summed E-state index contributed by atoms with van der Waals surface area (Å²) in [7, 11) is 0. The Morgan fingerprint density at radius 3 is 1.95 bits per heavy atom. The van der Waals surface area contributed by atoms with Crippen LogP contribution in [0.25, 0.3) is 22.5 Å². The molecule has 7 heteroatoms. The second-order valence-electron chi connectivity index (χ2n) is 4.65. The zero-order valence-electron chi connectivity index (χ0n) is 11.4.